The van der Waals surface area contributed by atoms with Crippen LogP contribution >= 0.6 is 0 Å². The number of hydrogen-bond acceptors (Lipinski definition) is 3. The molecule has 1 aliphatic rings. The van der Waals surface area contributed by atoms with Gasteiger partial charge in [0.1, 0.15) is 5.82 Å². The molecule has 0 saturated heterocycles. The number of benzene rings is 1. The molecule has 1 unspecified atom stereocenters. The minimum absolute atomic E-state index is 0.345. The van der Waals surface area contributed by atoms with Crippen molar-refractivity contribution >= 4 is 0 Å². The second kappa shape index (κ2) is 5.15. The van der Waals surface area contributed by atoms with Gasteiger partial charge in [-0.3, -0.25) is 4.90 Å². The third-order valence-corrected chi connectivity index (χ3v) is 3.71. The number of aromatic nitrogens is 2. The van der Waals surface area contributed by atoms with Gasteiger partial charge < -0.3 is 10.7 Å². The van der Waals surface area contributed by atoms with Crippen LogP contribution < -0.4 is 5.73 Å². The minimum Gasteiger partial charge on any atom is -0.345 e. The summed E-state index contributed by atoms with van der Waals surface area (Å²) in [5, 5.41) is 0. The van der Waals surface area contributed by atoms with E-state index >= 15 is 0 Å². The minimum atomic E-state index is 0.345. The van der Waals surface area contributed by atoms with Gasteiger partial charge in [-0.05, 0) is 12.5 Å². The number of aryl methyl sites for hydroxylation is 1. The Morgan fingerprint density at radius 1 is 1.37 bits per heavy atom. The number of hydrogen-bond donors (Lipinski definition) is 2. The van der Waals surface area contributed by atoms with Crippen LogP contribution in [0.25, 0.3) is 0 Å². The molecule has 2 heterocycles. The van der Waals surface area contributed by atoms with Crippen LogP contribution in [0.5, 0.6) is 0 Å². The summed E-state index contributed by atoms with van der Waals surface area (Å²) in [6.45, 7) is 5.55. The van der Waals surface area contributed by atoms with E-state index in [1.807, 2.05) is 6.92 Å². The predicted molar refractivity (Wildman–Crippen MR) is 75.7 cm³/mol. The van der Waals surface area contributed by atoms with Gasteiger partial charge in [-0.15, -0.1) is 0 Å². The van der Waals surface area contributed by atoms with Crippen molar-refractivity contribution in [2.24, 2.45) is 5.73 Å². The Morgan fingerprint density at radius 2 is 2.16 bits per heavy atom. The van der Waals surface area contributed by atoms with E-state index in [2.05, 4.69) is 45.2 Å². The summed E-state index contributed by atoms with van der Waals surface area (Å²) < 4.78 is 0. The Kier molecular flexibility index (Phi) is 3.36. The lowest BCUT2D eigenvalue weighted by molar-refractivity contribution is 0.219. The summed E-state index contributed by atoms with van der Waals surface area (Å²) in [5.74, 6) is 1.34. The highest BCUT2D eigenvalue weighted by molar-refractivity contribution is 5.23. The molecule has 2 aromatic rings. The van der Waals surface area contributed by atoms with Crippen LogP contribution in [0, 0.1) is 6.92 Å². The Balaban J connectivity index is 1.79. The van der Waals surface area contributed by atoms with E-state index in [1.165, 1.54) is 17.0 Å². The smallest absolute Gasteiger partial charge is 0.103 e. The Labute approximate surface area is 113 Å². The average Bonchev–Trinajstić information content (AvgIpc) is 2.79. The molecule has 0 radical (unpaired) electrons. The van der Waals surface area contributed by atoms with Crippen LogP contribution in [0.3, 0.4) is 0 Å². The average molecular weight is 256 g/mol. The van der Waals surface area contributed by atoms with Gasteiger partial charge in [-0.1, -0.05) is 30.3 Å². The van der Waals surface area contributed by atoms with E-state index in [1.54, 1.807) is 0 Å². The molecule has 1 aromatic carbocycles. The highest BCUT2D eigenvalue weighted by Gasteiger charge is 2.27. The molecule has 100 valence electrons. The SMILES string of the molecule is Cc1nc2c([nH]1)CN(Cc1ccccc1)CC2CN. The number of rotatable bonds is 3. The van der Waals surface area contributed by atoms with Crippen LogP contribution in [-0.4, -0.2) is 28.0 Å². The number of nitrogens with two attached hydrogens (primary N) is 1. The largest absolute Gasteiger partial charge is 0.345 e. The molecule has 0 fully saturated rings. The summed E-state index contributed by atoms with van der Waals surface area (Å²) >= 11 is 0. The lowest BCUT2D eigenvalue weighted by Gasteiger charge is -2.31. The molecule has 0 saturated carbocycles. The zero-order valence-corrected chi connectivity index (χ0v) is 11.3. The highest BCUT2D eigenvalue weighted by atomic mass is 15.2. The zero-order chi connectivity index (χ0) is 13.2. The summed E-state index contributed by atoms with van der Waals surface area (Å²) in [5.41, 5.74) is 9.65. The molecule has 0 aliphatic carbocycles. The maximum atomic E-state index is 5.90. The standard InChI is InChI=1S/C15H20N4/c1-11-17-14-10-19(8-12-5-3-2-4-6-12)9-13(7-16)15(14)18-11/h2-6,13H,7-10,16H2,1H3,(H,17,18). The van der Waals surface area contributed by atoms with Crippen molar-refractivity contribution < 1.29 is 0 Å². The van der Waals surface area contributed by atoms with Crippen LogP contribution in [0.15, 0.2) is 30.3 Å². The fraction of sp³-hybridized carbons (Fsp3) is 0.400. The molecule has 19 heavy (non-hydrogen) atoms. The maximum absolute atomic E-state index is 5.90. The van der Waals surface area contributed by atoms with E-state index in [-0.39, 0.29) is 0 Å². The van der Waals surface area contributed by atoms with Crippen LogP contribution in [0.1, 0.15) is 28.7 Å². The van der Waals surface area contributed by atoms with E-state index in [9.17, 15) is 0 Å². The lowest BCUT2D eigenvalue weighted by Crippen LogP contribution is -2.36. The van der Waals surface area contributed by atoms with Crippen molar-refractivity contribution in [3.8, 4) is 0 Å². The van der Waals surface area contributed by atoms with E-state index in [0.29, 0.717) is 12.5 Å². The van der Waals surface area contributed by atoms with E-state index < -0.39 is 0 Å². The van der Waals surface area contributed by atoms with Crippen molar-refractivity contribution in [1.82, 2.24) is 14.9 Å². The van der Waals surface area contributed by atoms with Gasteiger partial charge in [-0.2, -0.15) is 0 Å². The van der Waals surface area contributed by atoms with E-state index in [4.69, 9.17) is 5.73 Å². The molecular formula is C15H20N4. The molecule has 4 nitrogen and oxygen atoms in total. The van der Waals surface area contributed by atoms with Crippen molar-refractivity contribution in [1.29, 1.82) is 0 Å². The monoisotopic (exact) mass is 256 g/mol. The molecule has 0 amide bonds. The van der Waals surface area contributed by atoms with Gasteiger partial charge in [-0.25, -0.2) is 4.98 Å². The van der Waals surface area contributed by atoms with Crippen molar-refractivity contribution in [3.63, 3.8) is 0 Å². The quantitative estimate of drug-likeness (QED) is 0.880. The number of aromatic amines is 1. The molecule has 1 atom stereocenters. The zero-order valence-electron chi connectivity index (χ0n) is 11.3. The van der Waals surface area contributed by atoms with Crippen LogP contribution in [0.2, 0.25) is 0 Å². The van der Waals surface area contributed by atoms with Gasteiger partial charge in [0.05, 0.1) is 11.4 Å². The van der Waals surface area contributed by atoms with Gasteiger partial charge in [0, 0.05) is 32.1 Å². The van der Waals surface area contributed by atoms with Crippen molar-refractivity contribution in [3.05, 3.63) is 53.1 Å². The number of nitrogens with zero attached hydrogens (tertiary/aromatic N) is 2. The second-order valence-electron chi connectivity index (χ2n) is 5.27. The van der Waals surface area contributed by atoms with Crippen molar-refractivity contribution in [2.75, 3.05) is 13.1 Å². The molecule has 4 heteroatoms. The number of imidazole rings is 1. The third kappa shape index (κ3) is 2.55. The normalized spacial score (nSPS) is 19.4. The first kappa shape index (κ1) is 12.4. The Bertz CT molecular complexity index is 547. The Morgan fingerprint density at radius 3 is 2.89 bits per heavy atom. The number of fused-ring (bicyclic) bond motifs is 1. The highest BCUT2D eigenvalue weighted by Crippen LogP contribution is 2.26. The first-order chi connectivity index (χ1) is 9.26. The van der Waals surface area contributed by atoms with Gasteiger partial charge in [0.15, 0.2) is 0 Å². The summed E-state index contributed by atoms with van der Waals surface area (Å²) in [7, 11) is 0. The summed E-state index contributed by atoms with van der Waals surface area (Å²) in [6, 6.07) is 10.6. The summed E-state index contributed by atoms with van der Waals surface area (Å²) in [4.78, 5) is 10.4. The van der Waals surface area contributed by atoms with Gasteiger partial charge >= 0.3 is 0 Å². The second-order valence-corrected chi connectivity index (χ2v) is 5.27. The van der Waals surface area contributed by atoms with Crippen LogP contribution in [0.4, 0.5) is 0 Å². The molecule has 3 rings (SSSR count). The maximum Gasteiger partial charge on any atom is 0.103 e. The topological polar surface area (TPSA) is 57.9 Å². The predicted octanol–water partition coefficient (Wildman–Crippen LogP) is 1.78. The fourth-order valence-corrected chi connectivity index (χ4v) is 2.85. The fourth-order valence-electron chi connectivity index (χ4n) is 2.85. The Hall–Kier alpha value is -1.65. The molecule has 0 bridgehead atoms. The molecule has 1 aromatic heterocycles. The van der Waals surface area contributed by atoms with Crippen molar-refractivity contribution in [2.45, 2.75) is 25.9 Å². The number of H-pyrrole nitrogens is 1. The third-order valence-electron chi connectivity index (χ3n) is 3.71. The lowest BCUT2D eigenvalue weighted by atomic mass is 9.98. The van der Waals surface area contributed by atoms with Crippen LogP contribution in [-0.2, 0) is 13.1 Å². The molecule has 1 aliphatic heterocycles. The first-order valence-corrected chi connectivity index (χ1v) is 6.78. The molecular weight excluding hydrogens is 236 g/mol. The van der Waals surface area contributed by atoms with Gasteiger partial charge in [0.2, 0.25) is 0 Å². The summed E-state index contributed by atoms with van der Waals surface area (Å²) in [6.07, 6.45) is 0. The van der Waals surface area contributed by atoms with E-state index in [0.717, 1.165) is 25.5 Å². The first-order valence-electron chi connectivity index (χ1n) is 6.78. The number of nitrogens with one attached hydrogen (secondary N) is 1. The molecule has 0 spiro atoms. The molecule has 3 N–H and O–H groups in total. The van der Waals surface area contributed by atoms with Gasteiger partial charge in [0.25, 0.3) is 0 Å².